The maximum Gasteiger partial charge on any atom is 0.408 e. The van der Waals surface area contributed by atoms with Gasteiger partial charge in [-0.25, -0.2) is 0 Å². The summed E-state index contributed by atoms with van der Waals surface area (Å²) in [5.74, 6) is -0.308. The van der Waals surface area contributed by atoms with E-state index in [0.29, 0.717) is 6.54 Å². The topological polar surface area (TPSA) is 61.0 Å². The fourth-order valence-corrected chi connectivity index (χ4v) is 1.95. The monoisotopic (exact) mass is 363 g/mol. The van der Waals surface area contributed by atoms with Crippen molar-refractivity contribution in [3.05, 3.63) is 54.7 Å². The molecule has 7 heteroatoms. The highest BCUT2D eigenvalue weighted by Crippen LogP contribution is 2.21. The van der Waals surface area contributed by atoms with Gasteiger partial charge in [0.1, 0.15) is 0 Å². The number of hydrogen-bond acceptors (Lipinski definition) is 3. The molecule has 1 aromatic heterocycles. The minimum atomic E-state index is -0.591. The Morgan fingerprint density at radius 1 is 1.41 bits per heavy atom. The summed E-state index contributed by atoms with van der Waals surface area (Å²) in [6.07, 6.45) is 1.46. The number of aromatic nitrogens is 2. The van der Waals surface area contributed by atoms with Gasteiger partial charge in [0.15, 0.2) is 5.02 Å². The number of halogens is 2. The van der Waals surface area contributed by atoms with E-state index in [1.807, 2.05) is 24.3 Å². The first-order valence-electron chi connectivity index (χ1n) is 4.68. The fourth-order valence-electron chi connectivity index (χ4n) is 1.37. The van der Waals surface area contributed by atoms with Crippen molar-refractivity contribution in [3.63, 3.8) is 0 Å². The maximum atomic E-state index is 10.6. The van der Waals surface area contributed by atoms with Gasteiger partial charge in [0.05, 0.1) is 17.8 Å². The molecule has 0 aliphatic heterocycles. The zero-order valence-electron chi connectivity index (χ0n) is 8.51. The Morgan fingerprint density at radius 2 is 2.06 bits per heavy atom. The smallest absolute Gasteiger partial charge is 0.358 e. The Balaban J connectivity index is 2.22. The summed E-state index contributed by atoms with van der Waals surface area (Å²) in [7, 11) is 0. The van der Waals surface area contributed by atoms with E-state index in [-0.39, 0.29) is 10.8 Å². The number of rotatable bonds is 3. The maximum absolute atomic E-state index is 10.6. The quantitative estimate of drug-likeness (QED) is 0.478. The van der Waals surface area contributed by atoms with E-state index in [9.17, 15) is 10.1 Å². The minimum Gasteiger partial charge on any atom is -0.358 e. The van der Waals surface area contributed by atoms with Crippen LogP contribution in [0.15, 0.2) is 30.5 Å². The summed E-state index contributed by atoms with van der Waals surface area (Å²) in [6.45, 7) is 0.463. The molecular weight excluding hydrogens is 356 g/mol. The number of hydrogen-bond donors (Lipinski definition) is 0. The van der Waals surface area contributed by atoms with Crippen LogP contribution in [0.25, 0.3) is 0 Å². The molecule has 17 heavy (non-hydrogen) atoms. The molecule has 0 radical (unpaired) electrons. The van der Waals surface area contributed by atoms with Crippen LogP contribution in [-0.4, -0.2) is 14.7 Å². The van der Waals surface area contributed by atoms with Gasteiger partial charge in [-0.05, 0) is 45.2 Å². The molecule has 5 nitrogen and oxygen atoms in total. The summed E-state index contributed by atoms with van der Waals surface area (Å²) in [5, 5.41) is 14.4. The largest absolute Gasteiger partial charge is 0.408 e. The molecular formula is C10H7ClIN3O2. The molecule has 0 N–H and O–H groups in total. The normalized spacial score (nSPS) is 10.5. The van der Waals surface area contributed by atoms with Gasteiger partial charge in [-0.1, -0.05) is 23.7 Å². The van der Waals surface area contributed by atoms with Crippen LogP contribution in [0.3, 0.4) is 0 Å². The summed E-state index contributed by atoms with van der Waals surface area (Å²) in [5.41, 5.74) is 1.01. The highest BCUT2D eigenvalue weighted by atomic mass is 127. The van der Waals surface area contributed by atoms with Gasteiger partial charge in [0, 0.05) is 3.57 Å². The third kappa shape index (κ3) is 2.95. The summed E-state index contributed by atoms with van der Waals surface area (Å²) in [4.78, 5) is 9.99. The summed E-state index contributed by atoms with van der Waals surface area (Å²) in [6, 6.07) is 7.83. The first-order valence-corrected chi connectivity index (χ1v) is 6.14. The van der Waals surface area contributed by atoms with E-state index >= 15 is 0 Å². The molecule has 0 saturated heterocycles. The van der Waals surface area contributed by atoms with Gasteiger partial charge < -0.3 is 10.1 Å². The predicted molar refractivity (Wildman–Crippen MR) is 72.2 cm³/mol. The van der Waals surface area contributed by atoms with Crippen LogP contribution in [0.4, 0.5) is 5.82 Å². The van der Waals surface area contributed by atoms with Crippen LogP contribution in [0.2, 0.25) is 5.02 Å². The first-order chi connectivity index (χ1) is 8.06. The molecule has 0 amide bonds. The molecule has 1 heterocycles. The summed E-state index contributed by atoms with van der Waals surface area (Å²) < 4.78 is 2.60. The van der Waals surface area contributed by atoms with Crippen LogP contribution in [0.5, 0.6) is 0 Å². The Bertz CT molecular complexity index is 553. The minimum absolute atomic E-state index is 0.0560. The Labute approximate surface area is 116 Å². The van der Waals surface area contributed by atoms with E-state index in [1.165, 1.54) is 10.9 Å². The van der Waals surface area contributed by atoms with Crippen LogP contribution in [0, 0.1) is 13.7 Å². The highest BCUT2D eigenvalue weighted by molar-refractivity contribution is 14.1. The second-order valence-electron chi connectivity index (χ2n) is 3.38. The van der Waals surface area contributed by atoms with Crippen LogP contribution in [-0.2, 0) is 6.54 Å². The van der Waals surface area contributed by atoms with Crippen molar-refractivity contribution in [2.24, 2.45) is 0 Å². The molecule has 0 fully saturated rings. The Kier molecular flexibility index (Phi) is 3.63. The SMILES string of the molecule is O=[N+]([O-])c1nn(Cc2ccc(I)cc2)cc1Cl. The molecule has 0 bridgehead atoms. The van der Waals surface area contributed by atoms with Crippen molar-refractivity contribution in [1.82, 2.24) is 9.78 Å². The lowest BCUT2D eigenvalue weighted by Crippen LogP contribution is -2.01. The zero-order chi connectivity index (χ0) is 12.4. The van der Waals surface area contributed by atoms with E-state index in [1.54, 1.807) is 0 Å². The van der Waals surface area contributed by atoms with Gasteiger partial charge >= 0.3 is 5.82 Å². The van der Waals surface area contributed by atoms with Crippen molar-refractivity contribution < 1.29 is 4.92 Å². The van der Waals surface area contributed by atoms with Gasteiger partial charge in [-0.2, -0.15) is 4.68 Å². The van der Waals surface area contributed by atoms with Crippen molar-refractivity contribution in [1.29, 1.82) is 0 Å². The Hall–Kier alpha value is -1.15. The van der Waals surface area contributed by atoms with Gasteiger partial charge in [-0.3, -0.25) is 0 Å². The van der Waals surface area contributed by atoms with Gasteiger partial charge in [-0.15, -0.1) is 0 Å². The average molecular weight is 364 g/mol. The van der Waals surface area contributed by atoms with E-state index in [0.717, 1.165) is 9.13 Å². The average Bonchev–Trinajstić information content (AvgIpc) is 2.63. The van der Waals surface area contributed by atoms with E-state index < -0.39 is 4.92 Å². The lowest BCUT2D eigenvalue weighted by atomic mass is 10.2. The van der Waals surface area contributed by atoms with Gasteiger partial charge in [0.25, 0.3) is 0 Å². The van der Waals surface area contributed by atoms with Crippen LogP contribution >= 0.6 is 34.2 Å². The Morgan fingerprint density at radius 3 is 2.59 bits per heavy atom. The third-order valence-electron chi connectivity index (χ3n) is 2.13. The second kappa shape index (κ2) is 5.01. The molecule has 2 aromatic rings. The molecule has 0 aliphatic rings. The molecule has 2 rings (SSSR count). The molecule has 0 unspecified atom stereocenters. The van der Waals surface area contributed by atoms with Crippen molar-refractivity contribution in [2.75, 3.05) is 0 Å². The molecule has 0 spiro atoms. The third-order valence-corrected chi connectivity index (χ3v) is 3.12. The lowest BCUT2D eigenvalue weighted by Gasteiger charge is -1.98. The molecule has 0 atom stereocenters. The molecule has 88 valence electrons. The van der Waals surface area contributed by atoms with Crippen molar-refractivity contribution in [3.8, 4) is 0 Å². The zero-order valence-corrected chi connectivity index (χ0v) is 11.4. The number of nitrogens with zero attached hydrogens (tertiary/aromatic N) is 3. The van der Waals surface area contributed by atoms with E-state index in [4.69, 9.17) is 11.6 Å². The van der Waals surface area contributed by atoms with Crippen LogP contribution < -0.4 is 0 Å². The molecule has 0 saturated carbocycles. The van der Waals surface area contributed by atoms with Gasteiger partial charge in [0.2, 0.25) is 0 Å². The number of nitro groups is 1. The van der Waals surface area contributed by atoms with Crippen molar-refractivity contribution >= 4 is 40.0 Å². The summed E-state index contributed by atoms with van der Waals surface area (Å²) >= 11 is 7.92. The second-order valence-corrected chi connectivity index (χ2v) is 5.03. The number of benzene rings is 1. The van der Waals surface area contributed by atoms with E-state index in [2.05, 4.69) is 27.7 Å². The predicted octanol–water partition coefficient (Wildman–Crippen LogP) is 3.10. The van der Waals surface area contributed by atoms with Crippen LogP contribution in [0.1, 0.15) is 5.56 Å². The lowest BCUT2D eigenvalue weighted by molar-refractivity contribution is -0.389. The van der Waals surface area contributed by atoms with Crippen molar-refractivity contribution in [2.45, 2.75) is 6.54 Å². The fraction of sp³-hybridized carbons (Fsp3) is 0.100. The highest BCUT2D eigenvalue weighted by Gasteiger charge is 2.18. The molecule has 1 aromatic carbocycles. The standard InChI is InChI=1S/C10H7ClIN3O2/c11-9-6-14(13-10(9)15(16)17)5-7-1-3-8(12)4-2-7/h1-4,6H,5H2. The first kappa shape index (κ1) is 12.3. The molecule has 0 aliphatic carbocycles.